The van der Waals surface area contributed by atoms with Crippen molar-refractivity contribution in [2.24, 2.45) is 0 Å². The fourth-order valence-electron chi connectivity index (χ4n) is 2.16. The number of aromatic carboxylic acids is 1. The number of benzene rings is 2. The van der Waals surface area contributed by atoms with Crippen molar-refractivity contribution < 1.29 is 19.4 Å². The van der Waals surface area contributed by atoms with Crippen LogP contribution in [0.2, 0.25) is 0 Å². The highest BCUT2D eigenvalue weighted by Gasteiger charge is 2.15. The van der Waals surface area contributed by atoms with E-state index in [0.717, 1.165) is 30.0 Å². The van der Waals surface area contributed by atoms with Crippen LogP contribution >= 0.6 is 0 Å². The van der Waals surface area contributed by atoms with Gasteiger partial charge in [-0.2, -0.15) is 0 Å². The first kappa shape index (κ1) is 15.0. The minimum absolute atomic E-state index is 0.0116. The molecule has 2 rings (SSSR count). The third kappa shape index (κ3) is 3.81. The Morgan fingerprint density at radius 1 is 1.10 bits per heavy atom. The first-order chi connectivity index (χ1) is 10.1. The van der Waals surface area contributed by atoms with E-state index in [1.807, 2.05) is 24.3 Å². The van der Waals surface area contributed by atoms with Gasteiger partial charge in [-0.25, -0.2) is 4.79 Å². The van der Waals surface area contributed by atoms with E-state index in [4.69, 9.17) is 4.74 Å². The van der Waals surface area contributed by atoms with E-state index >= 15 is 0 Å². The summed E-state index contributed by atoms with van der Waals surface area (Å²) in [6.45, 7) is 2.05. The molecule has 0 heterocycles. The molecule has 0 spiro atoms. The van der Waals surface area contributed by atoms with Gasteiger partial charge in [0.25, 0.3) is 0 Å². The fourth-order valence-corrected chi connectivity index (χ4v) is 2.16. The summed E-state index contributed by atoms with van der Waals surface area (Å²) in [5.41, 5.74) is 0.0116. The van der Waals surface area contributed by atoms with Gasteiger partial charge in [-0.05, 0) is 29.3 Å². The van der Waals surface area contributed by atoms with Crippen molar-refractivity contribution in [1.82, 2.24) is 0 Å². The number of hydrogen-bond acceptors (Lipinski definition) is 3. The molecule has 0 aliphatic carbocycles. The lowest BCUT2D eigenvalue weighted by Crippen LogP contribution is -2.11. The minimum atomic E-state index is -1.10. The Labute approximate surface area is 123 Å². The number of hydrogen-bond donors (Lipinski definition) is 1. The number of fused-ring (bicyclic) bond motifs is 1. The number of carbonyl (C=O) groups is 2. The van der Waals surface area contributed by atoms with Crippen LogP contribution in [0.5, 0.6) is 5.75 Å². The Kier molecular flexibility index (Phi) is 4.93. The van der Waals surface area contributed by atoms with Crippen LogP contribution in [0.1, 0.15) is 43.0 Å². The average Bonchev–Trinajstić information content (AvgIpc) is 2.46. The number of unbranched alkanes of at least 4 members (excludes halogenated alkanes) is 2. The van der Waals surface area contributed by atoms with Gasteiger partial charge in [0.05, 0.1) is 0 Å². The Morgan fingerprint density at radius 3 is 2.38 bits per heavy atom. The second kappa shape index (κ2) is 6.88. The second-order valence-corrected chi connectivity index (χ2v) is 4.93. The van der Waals surface area contributed by atoms with Crippen LogP contribution in [0.15, 0.2) is 36.4 Å². The van der Waals surface area contributed by atoms with Crippen molar-refractivity contribution in [1.29, 1.82) is 0 Å². The number of ether oxygens (including phenoxy) is 1. The predicted octanol–water partition coefficient (Wildman–Crippen LogP) is 4.02. The summed E-state index contributed by atoms with van der Waals surface area (Å²) in [6.07, 6.45) is 3.04. The summed E-state index contributed by atoms with van der Waals surface area (Å²) in [5, 5.41) is 10.9. The zero-order valence-electron chi connectivity index (χ0n) is 12.0. The van der Waals surface area contributed by atoms with Crippen molar-refractivity contribution in [3.8, 4) is 5.75 Å². The summed E-state index contributed by atoms with van der Waals surface area (Å²) in [5.74, 6) is -1.37. The molecule has 1 N–H and O–H groups in total. The van der Waals surface area contributed by atoms with Gasteiger partial charge in [0.1, 0.15) is 11.3 Å². The van der Waals surface area contributed by atoms with Crippen LogP contribution in [-0.2, 0) is 4.79 Å². The van der Waals surface area contributed by atoms with Gasteiger partial charge < -0.3 is 9.84 Å². The molecule has 2 aromatic rings. The summed E-state index contributed by atoms with van der Waals surface area (Å²) in [6, 6.07) is 10.5. The van der Waals surface area contributed by atoms with Gasteiger partial charge >= 0.3 is 11.9 Å². The van der Waals surface area contributed by atoms with Crippen LogP contribution < -0.4 is 4.74 Å². The summed E-state index contributed by atoms with van der Waals surface area (Å²) < 4.78 is 5.24. The highest BCUT2D eigenvalue weighted by molar-refractivity contribution is 5.98. The van der Waals surface area contributed by atoms with Crippen LogP contribution in [0.3, 0.4) is 0 Å². The molecule has 0 bridgehead atoms. The number of carboxylic acids is 1. The maximum Gasteiger partial charge on any atom is 0.339 e. The molecule has 21 heavy (non-hydrogen) atoms. The van der Waals surface area contributed by atoms with Crippen molar-refractivity contribution in [3.63, 3.8) is 0 Å². The number of carbonyl (C=O) groups excluding carboxylic acids is 1. The standard InChI is InChI=1S/C17H18O4/c1-2-3-4-9-16(18)21-15-11-13-8-6-5-7-12(13)10-14(15)17(19)20/h5-8,10-11H,2-4,9H2,1H3,(H,19,20). The molecule has 0 aliphatic rings. The van der Waals surface area contributed by atoms with E-state index in [2.05, 4.69) is 6.92 Å². The molecular weight excluding hydrogens is 268 g/mol. The molecule has 4 nitrogen and oxygen atoms in total. The largest absolute Gasteiger partial charge is 0.478 e. The smallest absolute Gasteiger partial charge is 0.339 e. The fraction of sp³-hybridized carbons (Fsp3) is 0.294. The van der Waals surface area contributed by atoms with Crippen molar-refractivity contribution in [2.75, 3.05) is 0 Å². The molecule has 110 valence electrons. The van der Waals surface area contributed by atoms with E-state index in [1.165, 1.54) is 6.07 Å². The van der Waals surface area contributed by atoms with E-state index in [1.54, 1.807) is 6.07 Å². The van der Waals surface area contributed by atoms with Crippen LogP contribution in [0.25, 0.3) is 10.8 Å². The van der Waals surface area contributed by atoms with Gasteiger partial charge in [-0.1, -0.05) is 44.0 Å². The van der Waals surface area contributed by atoms with Gasteiger partial charge in [-0.3, -0.25) is 4.79 Å². The molecule has 0 atom stereocenters. The monoisotopic (exact) mass is 286 g/mol. The first-order valence-electron chi connectivity index (χ1n) is 7.08. The number of esters is 1. The maximum atomic E-state index is 11.8. The molecule has 0 fully saturated rings. The third-order valence-electron chi connectivity index (χ3n) is 3.29. The Hall–Kier alpha value is -2.36. The Bertz CT molecular complexity index is 661. The normalized spacial score (nSPS) is 10.5. The number of carboxylic acid groups (broad SMARTS) is 1. The van der Waals surface area contributed by atoms with E-state index in [-0.39, 0.29) is 17.3 Å². The zero-order valence-corrected chi connectivity index (χ0v) is 12.0. The van der Waals surface area contributed by atoms with Crippen LogP contribution in [-0.4, -0.2) is 17.0 Å². The van der Waals surface area contributed by atoms with Crippen molar-refractivity contribution in [3.05, 3.63) is 42.0 Å². The van der Waals surface area contributed by atoms with Gasteiger partial charge in [0.15, 0.2) is 0 Å². The van der Waals surface area contributed by atoms with E-state index in [9.17, 15) is 14.7 Å². The van der Waals surface area contributed by atoms with Crippen LogP contribution in [0, 0.1) is 0 Å². The summed E-state index contributed by atoms with van der Waals surface area (Å²) in [4.78, 5) is 23.1. The molecule has 0 aliphatic heterocycles. The highest BCUT2D eigenvalue weighted by atomic mass is 16.5. The molecule has 4 heteroatoms. The lowest BCUT2D eigenvalue weighted by Gasteiger charge is -2.09. The third-order valence-corrected chi connectivity index (χ3v) is 3.29. The maximum absolute atomic E-state index is 11.8. The molecule has 0 saturated heterocycles. The Balaban J connectivity index is 2.26. The molecule has 2 aromatic carbocycles. The SMILES string of the molecule is CCCCCC(=O)Oc1cc2ccccc2cc1C(=O)O. The second-order valence-electron chi connectivity index (χ2n) is 4.93. The molecule has 0 aromatic heterocycles. The topological polar surface area (TPSA) is 63.6 Å². The molecule has 0 amide bonds. The van der Waals surface area contributed by atoms with Crippen molar-refractivity contribution >= 4 is 22.7 Å². The van der Waals surface area contributed by atoms with E-state index in [0.29, 0.717) is 6.42 Å². The highest BCUT2D eigenvalue weighted by Crippen LogP contribution is 2.26. The van der Waals surface area contributed by atoms with E-state index < -0.39 is 5.97 Å². The minimum Gasteiger partial charge on any atom is -0.478 e. The molecule has 0 radical (unpaired) electrons. The van der Waals surface area contributed by atoms with Gasteiger partial charge in [-0.15, -0.1) is 0 Å². The summed E-state index contributed by atoms with van der Waals surface area (Å²) in [7, 11) is 0. The molecular formula is C17H18O4. The lowest BCUT2D eigenvalue weighted by molar-refractivity contribution is -0.134. The van der Waals surface area contributed by atoms with Gasteiger partial charge in [0.2, 0.25) is 0 Å². The van der Waals surface area contributed by atoms with Crippen molar-refractivity contribution in [2.45, 2.75) is 32.6 Å². The quantitative estimate of drug-likeness (QED) is 0.495. The molecule has 0 saturated carbocycles. The van der Waals surface area contributed by atoms with Gasteiger partial charge in [0, 0.05) is 6.42 Å². The zero-order chi connectivity index (χ0) is 15.2. The number of rotatable bonds is 6. The summed E-state index contributed by atoms with van der Waals surface area (Å²) >= 11 is 0. The first-order valence-corrected chi connectivity index (χ1v) is 7.08. The van der Waals surface area contributed by atoms with Crippen LogP contribution in [0.4, 0.5) is 0 Å². The Morgan fingerprint density at radius 2 is 1.76 bits per heavy atom. The average molecular weight is 286 g/mol. The lowest BCUT2D eigenvalue weighted by atomic mass is 10.1. The molecule has 0 unspecified atom stereocenters. The predicted molar refractivity (Wildman–Crippen MR) is 80.7 cm³/mol.